The van der Waals surface area contributed by atoms with Crippen molar-refractivity contribution >= 4 is 5.91 Å². The van der Waals surface area contributed by atoms with Crippen LogP contribution in [0.5, 0.6) is 5.75 Å². The van der Waals surface area contributed by atoms with Gasteiger partial charge >= 0.3 is 0 Å². The number of para-hydroxylation sites is 1. The molecule has 6 heteroatoms. The van der Waals surface area contributed by atoms with Crippen molar-refractivity contribution in [1.29, 1.82) is 0 Å². The quantitative estimate of drug-likeness (QED) is 0.731. The van der Waals surface area contributed by atoms with Gasteiger partial charge in [-0.25, -0.2) is 0 Å². The maximum atomic E-state index is 12.0. The lowest BCUT2D eigenvalue weighted by molar-refractivity contribution is -0.121. The molecule has 1 aromatic heterocycles. The third-order valence-corrected chi connectivity index (χ3v) is 4.54. The zero-order valence-electron chi connectivity index (χ0n) is 15.2. The van der Waals surface area contributed by atoms with E-state index in [1.54, 1.807) is 7.11 Å². The number of benzene rings is 1. The Morgan fingerprint density at radius 2 is 2.15 bits per heavy atom. The van der Waals surface area contributed by atoms with Gasteiger partial charge in [0.25, 0.3) is 0 Å². The molecule has 1 amide bonds. The average molecular weight is 355 g/mol. The Morgan fingerprint density at radius 1 is 1.27 bits per heavy atom. The monoisotopic (exact) mass is 355 g/mol. The summed E-state index contributed by atoms with van der Waals surface area (Å²) in [6.45, 7) is 0.695. The molecule has 1 aliphatic carbocycles. The molecule has 0 spiro atoms. The van der Waals surface area contributed by atoms with Crippen molar-refractivity contribution in [1.82, 2.24) is 15.5 Å². The third kappa shape index (κ3) is 4.94. The predicted molar refractivity (Wildman–Crippen MR) is 98.8 cm³/mol. The molecule has 138 valence electrons. The molecule has 0 saturated heterocycles. The van der Waals surface area contributed by atoms with Crippen molar-refractivity contribution in [3.05, 3.63) is 41.8 Å². The first-order valence-corrected chi connectivity index (χ1v) is 9.17. The minimum Gasteiger partial charge on any atom is -0.496 e. The van der Waals surface area contributed by atoms with Gasteiger partial charge in [-0.3, -0.25) is 4.79 Å². The Kier molecular flexibility index (Phi) is 6.41. The lowest BCUT2D eigenvalue weighted by atomic mass is 9.97. The first-order valence-electron chi connectivity index (χ1n) is 9.17. The summed E-state index contributed by atoms with van der Waals surface area (Å²) in [7, 11) is 1.60. The highest BCUT2D eigenvalue weighted by Gasteiger charge is 2.14. The third-order valence-electron chi connectivity index (χ3n) is 4.54. The zero-order valence-corrected chi connectivity index (χ0v) is 15.2. The van der Waals surface area contributed by atoms with Gasteiger partial charge in [-0.1, -0.05) is 28.9 Å². The van der Waals surface area contributed by atoms with Crippen LogP contribution in [0.2, 0.25) is 0 Å². The molecule has 2 aromatic rings. The van der Waals surface area contributed by atoms with Crippen LogP contribution >= 0.6 is 0 Å². The van der Waals surface area contributed by atoms with E-state index in [2.05, 4.69) is 21.5 Å². The molecule has 1 aromatic carbocycles. The second-order valence-corrected chi connectivity index (χ2v) is 6.42. The summed E-state index contributed by atoms with van der Waals surface area (Å²) in [5.74, 6) is 1.63. The van der Waals surface area contributed by atoms with Crippen LogP contribution < -0.4 is 10.1 Å². The van der Waals surface area contributed by atoms with Crippen molar-refractivity contribution in [3.8, 4) is 17.1 Å². The van der Waals surface area contributed by atoms with Crippen molar-refractivity contribution < 1.29 is 14.1 Å². The molecule has 1 heterocycles. The average Bonchev–Trinajstić information content (AvgIpc) is 3.16. The van der Waals surface area contributed by atoms with Crippen molar-refractivity contribution in [3.63, 3.8) is 0 Å². The number of ether oxygens (including phenoxy) is 1. The lowest BCUT2D eigenvalue weighted by Gasteiger charge is -2.12. The van der Waals surface area contributed by atoms with Crippen molar-refractivity contribution in [2.75, 3.05) is 13.7 Å². The first kappa shape index (κ1) is 18.2. The van der Waals surface area contributed by atoms with E-state index in [0.29, 0.717) is 36.9 Å². The standard InChI is InChI=1S/C20H25N3O3/c1-25-17-10-6-5-9-16(17)20-22-19(26-23-20)12-11-18(24)21-14-13-15-7-3-2-4-8-15/h5-7,9-10H,2-4,8,11-14H2,1H3,(H,21,24). The highest BCUT2D eigenvalue weighted by atomic mass is 16.5. The highest BCUT2D eigenvalue weighted by molar-refractivity contribution is 5.76. The lowest BCUT2D eigenvalue weighted by Crippen LogP contribution is -2.25. The molecule has 6 nitrogen and oxygen atoms in total. The first-order chi connectivity index (χ1) is 12.8. The van der Waals surface area contributed by atoms with Gasteiger partial charge in [-0.2, -0.15) is 4.98 Å². The fourth-order valence-corrected chi connectivity index (χ4v) is 3.10. The summed E-state index contributed by atoms with van der Waals surface area (Å²) < 4.78 is 10.6. The van der Waals surface area contributed by atoms with Gasteiger partial charge in [0.1, 0.15) is 5.75 Å². The molecular weight excluding hydrogens is 330 g/mol. The van der Waals surface area contributed by atoms with Crippen LogP contribution in [0.3, 0.4) is 0 Å². The molecule has 1 aliphatic rings. The van der Waals surface area contributed by atoms with Gasteiger partial charge < -0.3 is 14.6 Å². The minimum absolute atomic E-state index is 0.0125. The Hall–Kier alpha value is -2.63. The van der Waals surface area contributed by atoms with Gasteiger partial charge in [-0.05, 0) is 44.2 Å². The number of hydrogen-bond donors (Lipinski definition) is 1. The van der Waals surface area contributed by atoms with Gasteiger partial charge in [0.15, 0.2) is 0 Å². The van der Waals surface area contributed by atoms with E-state index in [4.69, 9.17) is 9.26 Å². The Bertz CT molecular complexity index is 767. The van der Waals surface area contributed by atoms with E-state index >= 15 is 0 Å². The summed E-state index contributed by atoms with van der Waals surface area (Å²) in [6.07, 6.45) is 8.93. The van der Waals surface area contributed by atoms with Crippen LogP contribution in [0.4, 0.5) is 0 Å². The number of nitrogens with one attached hydrogen (secondary N) is 1. The minimum atomic E-state index is 0.0125. The van der Waals surface area contributed by atoms with E-state index < -0.39 is 0 Å². The van der Waals surface area contributed by atoms with Gasteiger partial charge in [0, 0.05) is 19.4 Å². The molecule has 26 heavy (non-hydrogen) atoms. The van der Waals surface area contributed by atoms with Crippen LogP contribution in [0.1, 0.15) is 44.4 Å². The normalized spacial score (nSPS) is 14.0. The second kappa shape index (κ2) is 9.17. The summed E-state index contributed by atoms with van der Waals surface area (Å²) in [4.78, 5) is 16.4. The number of allylic oxidation sites excluding steroid dienone is 1. The Balaban J connectivity index is 1.45. The fourth-order valence-electron chi connectivity index (χ4n) is 3.10. The van der Waals surface area contributed by atoms with Gasteiger partial charge in [-0.15, -0.1) is 0 Å². The summed E-state index contributed by atoms with van der Waals surface area (Å²) in [6, 6.07) is 7.50. The van der Waals surface area contributed by atoms with E-state index in [0.717, 1.165) is 12.0 Å². The number of hydrogen-bond acceptors (Lipinski definition) is 5. The molecule has 3 rings (SSSR count). The highest BCUT2D eigenvalue weighted by Crippen LogP contribution is 2.27. The maximum absolute atomic E-state index is 12.0. The molecule has 0 unspecified atom stereocenters. The number of amides is 1. The van der Waals surface area contributed by atoms with Crippen LogP contribution in [-0.4, -0.2) is 29.7 Å². The molecule has 0 saturated carbocycles. The number of rotatable bonds is 8. The largest absolute Gasteiger partial charge is 0.496 e. The molecule has 0 radical (unpaired) electrons. The van der Waals surface area contributed by atoms with Crippen LogP contribution in [0.15, 0.2) is 40.4 Å². The van der Waals surface area contributed by atoms with Gasteiger partial charge in [0.05, 0.1) is 12.7 Å². The molecule has 0 fully saturated rings. The molecule has 1 N–H and O–H groups in total. The predicted octanol–water partition coefficient (Wildman–Crippen LogP) is 3.68. The second-order valence-electron chi connectivity index (χ2n) is 6.42. The Morgan fingerprint density at radius 3 is 2.96 bits per heavy atom. The number of carbonyl (C=O) groups excluding carboxylic acids is 1. The number of methoxy groups -OCH3 is 1. The van der Waals surface area contributed by atoms with Crippen LogP contribution in [-0.2, 0) is 11.2 Å². The zero-order chi connectivity index (χ0) is 18.2. The smallest absolute Gasteiger partial charge is 0.227 e. The van der Waals surface area contributed by atoms with E-state index in [-0.39, 0.29) is 5.91 Å². The Labute approximate surface area is 153 Å². The van der Waals surface area contributed by atoms with Crippen molar-refractivity contribution in [2.45, 2.75) is 44.9 Å². The van der Waals surface area contributed by atoms with E-state index in [1.807, 2.05) is 24.3 Å². The van der Waals surface area contributed by atoms with E-state index in [1.165, 1.54) is 31.3 Å². The van der Waals surface area contributed by atoms with Crippen molar-refractivity contribution in [2.24, 2.45) is 0 Å². The van der Waals surface area contributed by atoms with Crippen LogP contribution in [0.25, 0.3) is 11.4 Å². The molecular formula is C20H25N3O3. The fraction of sp³-hybridized carbons (Fsp3) is 0.450. The van der Waals surface area contributed by atoms with Crippen LogP contribution in [0, 0.1) is 0 Å². The number of carbonyl (C=O) groups is 1. The SMILES string of the molecule is COc1ccccc1-c1noc(CCC(=O)NCCC2=CCCCC2)n1. The number of aromatic nitrogens is 2. The van der Waals surface area contributed by atoms with Gasteiger partial charge in [0.2, 0.25) is 17.6 Å². The number of aryl methyl sites for hydroxylation is 1. The summed E-state index contributed by atoms with van der Waals surface area (Å²) in [5, 5.41) is 6.96. The topological polar surface area (TPSA) is 77.2 Å². The van der Waals surface area contributed by atoms with E-state index in [9.17, 15) is 4.79 Å². The molecule has 0 bridgehead atoms. The molecule has 0 atom stereocenters. The maximum Gasteiger partial charge on any atom is 0.227 e. The number of nitrogens with zero attached hydrogens (tertiary/aromatic N) is 2. The summed E-state index contributed by atoms with van der Waals surface area (Å²) >= 11 is 0. The molecule has 0 aliphatic heterocycles. The summed E-state index contributed by atoms with van der Waals surface area (Å²) in [5.41, 5.74) is 2.24.